The van der Waals surface area contributed by atoms with Gasteiger partial charge in [0, 0.05) is 0 Å². The van der Waals surface area contributed by atoms with E-state index in [0.29, 0.717) is 0 Å². The molecule has 0 radical (unpaired) electrons. The van der Waals surface area contributed by atoms with Crippen molar-refractivity contribution < 1.29 is 49.4 Å². The Morgan fingerprint density at radius 3 is 1.60 bits per heavy atom. The Bertz CT molecular complexity index is 403. The summed E-state index contributed by atoms with van der Waals surface area (Å²) in [5.41, 5.74) is 0. The zero-order chi connectivity index (χ0) is 9.97. The first-order valence-corrected chi connectivity index (χ1v) is 3.95. The summed E-state index contributed by atoms with van der Waals surface area (Å²) in [4.78, 5) is 22.8. The van der Waals surface area contributed by atoms with Crippen molar-refractivity contribution in [1.29, 1.82) is 0 Å². The summed E-state index contributed by atoms with van der Waals surface area (Å²) >= 11 is 0. The van der Waals surface area contributed by atoms with Gasteiger partial charge in [0.1, 0.15) is 0 Å². The van der Waals surface area contributed by atoms with E-state index in [1.54, 1.807) is 12.1 Å². The van der Waals surface area contributed by atoms with E-state index < -0.39 is 11.6 Å². The Balaban J connectivity index is 0.00000112. The third-order valence-corrected chi connectivity index (χ3v) is 1.70. The van der Waals surface area contributed by atoms with Gasteiger partial charge in [0.2, 0.25) is 0 Å². The van der Waals surface area contributed by atoms with Crippen LogP contribution in [0.3, 0.4) is 0 Å². The molecule has 0 saturated carbocycles. The van der Waals surface area contributed by atoms with Gasteiger partial charge < -0.3 is 10.3 Å². The fourth-order valence-electron chi connectivity index (χ4n) is 1.04. The Morgan fingerprint density at radius 1 is 0.933 bits per heavy atom. The summed E-state index contributed by atoms with van der Waals surface area (Å²) in [7, 11) is 0. The second-order valence-corrected chi connectivity index (χ2v) is 2.61. The van der Waals surface area contributed by atoms with E-state index in [-0.39, 0.29) is 42.5 Å². The van der Waals surface area contributed by atoms with Crippen molar-refractivity contribution >= 4 is 11.6 Å². The average molecular weight is 214 g/mol. The van der Waals surface area contributed by atoms with Crippen LogP contribution in [0.5, 0.6) is 0 Å². The van der Waals surface area contributed by atoms with Gasteiger partial charge in [0.05, 0.1) is 12.5 Å². The van der Waals surface area contributed by atoms with Gasteiger partial charge >= 0.3 is 29.6 Å². The topological polar surface area (TPSA) is 60.4 Å². The smallest absolute Gasteiger partial charge is 1.00 e. The number of hydrogen-bond donors (Lipinski definition) is 0. The molecule has 72 valence electrons. The minimum absolute atomic E-state index is 0. The SMILES string of the molecule is O=C(C(=O)c1ccco1)c1ccco1.[H-].[Na+]. The molecule has 0 aliphatic heterocycles. The molecule has 0 aromatic carbocycles. The van der Waals surface area contributed by atoms with Crippen molar-refractivity contribution in [2.24, 2.45) is 0 Å². The molecule has 15 heavy (non-hydrogen) atoms. The van der Waals surface area contributed by atoms with Crippen LogP contribution in [-0.2, 0) is 0 Å². The molecule has 0 unspecified atom stereocenters. The van der Waals surface area contributed by atoms with E-state index in [4.69, 9.17) is 8.83 Å². The van der Waals surface area contributed by atoms with Crippen LogP contribution in [0.2, 0.25) is 0 Å². The van der Waals surface area contributed by atoms with Crippen LogP contribution < -0.4 is 29.6 Å². The minimum atomic E-state index is -0.704. The molecule has 0 N–H and O–H groups in total. The van der Waals surface area contributed by atoms with Crippen LogP contribution in [0.15, 0.2) is 45.6 Å². The Hall–Kier alpha value is -1.10. The molecule has 0 atom stereocenters. The number of carbonyl (C=O) groups is 2. The van der Waals surface area contributed by atoms with E-state index >= 15 is 0 Å². The summed E-state index contributed by atoms with van der Waals surface area (Å²) in [6.07, 6.45) is 2.67. The van der Waals surface area contributed by atoms with Crippen LogP contribution in [0.4, 0.5) is 0 Å². The van der Waals surface area contributed by atoms with Crippen molar-refractivity contribution in [2.75, 3.05) is 0 Å². The third kappa shape index (κ3) is 2.47. The van der Waals surface area contributed by atoms with E-state index in [1.807, 2.05) is 0 Å². The maximum atomic E-state index is 11.4. The molecular weight excluding hydrogens is 207 g/mol. The number of hydrogen-bond acceptors (Lipinski definition) is 4. The standard InChI is InChI=1S/C10H6O4.Na.H/c11-9(7-3-1-5-13-7)10(12)8-4-2-6-14-8;;/h1-6H;;/q;+1;-1. The molecule has 2 aromatic heterocycles. The Kier molecular flexibility index (Phi) is 4.08. The van der Waals surface area contributed by atoms with E-state index in [2.05, 4.69) is 0 Å². The largest absolute Gasteiger partial charge is 1.00 e. The molecular formula is C10H7NaO4. The van der Waals surface area contributed by atoms with Crippen LogP contribution in [0.25, 0.3) is 0 Å². The predicted octanol–water partition coefficient (Wildman–Crippen LogP) is -0.945. The quantitative estimate of drug-likeness (QED) is 0.375. The van der Waals surface area contributed by atoms with Crippen molar-refractivity contribution in [1.82, 2.24) is 0 Å². The zero-order valence-corrected chi connectivity index (χ0v) is 10.1. The van der Waals surface area contributed by atoms with E-state index in [9.17, 15) is 9.59 Å². The van der Waals surface area contributed by atoms with Gasteiger partial charge in [-0.3, -0.25) is 9.59 Å². The first-order chi connectivity index (χ1) is 6.79. The van der Waals surface area contributed by atoms with Crippen LogP contribution >= 0.6 is 0 Å². The van der Waals surface area contributed by atoms with Gasteiger partial charge in [-0.05, 0) is 24.3 Å². The van der Waals surface area contributed by atoms with Crippen molar-refractivity contribution in [3.05, 3.63) is 48.3 Å². The van der Waals surface area contributed by atoms with Gasteiger partial charge in [0.15, 0.2) is 11.5 Å². The molecule has 4 nitrogen and oxygen atoms in total. The summed E-state index contributed by atoms with van der Waals surface area (Å²) in [5.74, 6) is -1.37. The number of rotatable bonds is 3. The molecule has 5 heteroatoms. The second kappa shape index (κ2) is 5.11. The number of ketones is 2. The zero-order valence-electron chi connectivity index (χ0n) is 9.10. The number of furan rings is 2. The first-order valence-electron chi connectivity index (χ1n) is 3.95. The fraction of sp³-hybridized carbons (Fsp3) is 0. The average Bonchev–Trinajstić information content (AvgIpc) is 2.87. The van der Waals surface area contributed by atoms with Crippen molar-refractivity contribution in [3.8, 4) is 0 Å². The maximum Gasteiger partial charge on any atom is 1.00 e. The fourth-order valence-corrected chi connectivity index (χ4v) is 1.04. The summed E-state index contributed by atoms with van der Waals surface area (Å²) < 4.78 is 9.60. The summed E-state index contributed by atoms with van der Waals surface area (Å²) in [5, 5.41) is 0. The van der Waals surface area contributed by atoms with Crippen LogP contribution in [0, 0.1) is 0 Å². The monoisotopic (exact) mass is 214 g/mol. The molecule has 0 amide bonds. The van der Waals surface area contributed by atoms with E-state index in [0.717, 1.165) is 0 Å². The maximum absolute atomic E-state index is 11.4. The number of carbonyl (C=O) groups excluding carboxylic acids is 2. The summed E-state index contributed by atoms with van der Waals surface area (Å²) in [6, 6.07) is 5.96. The van der Waals surface area contributed by atoms with E-state index in [1.165, 1.54) is 24.7 Å². The number of Topliss-reactive ketones (excluding diaryl/α,β-unsaturated/α-hetero) is 2. The van der Waals surface area contributed by atoms with Crippen molar-refractivity contribution in [2.45, 2.75) is 0 Å². The molecule has 2 heterocycles. The van der Waals surface area contributed by atoms with Gasteiger partial charge in [0.25, 0.3) is 11.6 Å². The van der Waals surface area contributed by atoms with Crippen LogP contribution in [-0.4, -0.2) is 11.6 Å². The molecule has 0 spiro atoms. The molecule has 0 bridgehead atoms. The van der Waals surface area contributed by atoms with Crippen LogP contribution in [0.1, 0.15) is 22.5 Å². The van der Waals surface area contributed by atoms with Gasteiger partial charge in [-0.15, -0.1) is 0 Å². The van der Waals surface area contributed by atoms with Gasteiger partial charge in [-0.2, -0.15) is 0 Å². The first kappa shape index (κ1) is 12.0. The Morgan fingerprint density at radius 2 is 1.33 bits per heavy atom. The normalized spacial score (nSPS) is 9.33. The third-order valence-electron chi connectivity index (χ3n) is 1.70. The molecule has 0 aliphatic carbocycles. The predicted molar refractivity (Wildman–Crippen MR) is 47.2 cm³/mol. The summed E-state index contributed by atoms with van der Waals surface area (Å²) in [6.45, 7) is 0. The molecule has 0 aliphatic rings. The molecule has 2 rings (SSSR count). The minimum Gasteiger partial charge on any atom is -1.00 e. The molecule has 0 fully saturated rings. The molecule has 2 aromatic rings. The van der Waals surface area contributed by atoms with Gasteiger partial charge in [-0.25, -0.2) is 0 Å². The molecule has 0 saturated heterocycles. The van der Waals surface area contributed by atoms with Crippen molar-refractivity contribution in [3.63, 3.8) is 0 Å². The Labute approximate surface area is 109 Å². The second-order valence-electron chi connectivity index (χ2n) is 2.61. The van der Waals surface area contributed by atoms with Gasteiger partial charge in [-0.1, -0.05) is 0 Å².